The largest absolute Gasteiger partial charge is 0.324 e. The summed E-state index contributed by atoms with van der Waals surface area (Å²) in [6, 6.07) is 0. The van der Waals surface area contributed by atoms with Crippen LogP contribution in [0.25, 0.3) is 0 Å². The molecule has 0 amide bonds. The van der Waals surface area contributed by atoms with Gasteiger partial charge in [0.15, 0.2) is 0 Å². The second-order valence-electron chi connectivity index (χ2n) is 6.31. The normalized spacial score (nSPS) is 32.2. The first-order valence-electron chi connectivity index (χ1n) is 6.50. The zero-order valence-corrected chi connectivity index (χ0v) is 10.5. The Labute approximate surface area is 94.2 Å². The first-order chi connectivity index (χ1) is 6.99. The quantitative estimate of drug-likeness (QED) is 0.770. The first-order valence-corrected chi connectivity index (χ1v) is 6.50. The highest BCUT2D eigenvalue weighted by atomic mass is 15.2. The summed E-state index contributed by atoms with van der Waals surface area (Å²) < 4.78 is 0. The van der Waals surface area contributed by atoms with Crippen LogP contribution in [0.4, 0.5) is 0 Å². The highest BCUT2D eigenvalue weighted by Gasteiger charge is 2.40. The molecule has 1 saturated heterocycles. The van der Waals surface area contributed by atoms with E-state index in [0.717, 1.165) is 24.3 Å². The SMILES string of the molecule is CC(C)C1CCN(CC(C)(N)C2CC2)C1. The molecule has 15 heavy (non-hydrogen) atoms. The maximum absolute atomic E-state index is 6.38. The predicted octanol–water partition coefficient (Wildman–Crippen LogP) is 2.09. The van der Waals surface area contributed by atoms with Crippen LogP contribution >= 0.6 is 0 Å². The van der Waals surface area contributed by atoms with Crippen molar-refractivity contribution in [3.05, 3.63) is 0 Å². The van der Waals surface area contributed by atoms with Crippen LogP contribution in [0, 0.1) is 17.8 Å². The molecule has 2 atom stereocenters. The summed E-state index contributed by atoms with van der Waals surface area (Å²) in [5, 5.41) is 0. The minimum Gasteiger partial charge on any atom is -0.324 e. The van der Waals surface area contributed by atoms with Crippen LogP contribution in [-0.2, 0) is 0 Å². The monoisotopic (exact) mass is 210 g/mol. The Kier molecular flexibility index (Phi) is 3.09. The third kappa shape index (κ3) is 2.73. The summed E-state index contributed by atoms with van der Waals surface area (Å²) in [7, 11) is 0. The van der Waals surface area contributed by atoms with E-state index in [1.54, 1.807) is 0 Å². The number of hydrogen-bond donors (Lipinski definition) is 1. The van der Waals surface area contributed by atoms with Crippen molar-refractivity contribution in [1.82, 2.24) is 4.90 Å². The van der Waals surface area contributed by atoms with Gasteiger partial charge in [0.2, 0.25) is 0 Å². The van der Waals surface area contributed by atoms with Crippen molar-refractivity contribution in [3.8, 4) is 0 Å². The van der Waals surface area contributed by atoms with Gasteiger partial charge in [0.05, 0.1) is 0 Å². The average Bonchev–Trinajstić information content (AvgIpc) is 2.88. The molecule has 1 heterocycles. The van der Waals surface area contributed by atoms with Crippen molar-refractivity contribution in [2.24, 2.45) is 23.5 Å². The average molecular weight is 210 g/mol. The van der Waals surface area contributed by atoms with Crippen LogP contribution < -0.4 is 5.73 Å². The molecule has 2 heteroatoms. The van der Waals surface area contributed by atoms with Crippen molar-refractivity contribution in [1.29, 1.82) is 0 Å². The standard InChI is InChI=1S/C13H26N2/c1-10(2)11-6-7-15(8-11)9-13(3,14)12-4-5-12/h10-12H,4-9,14H2,1-3H3. The van der Waals surface area contributed by atoms with Crippen LogP contribution in [0.2, 0.25) is 0 Å². The molecule has 0 bridgehead atoms. The summed E-state index contributed by atoms with van der Waals surface area (Å²) >= 11 is 0. The van der Waals surface area contributed by atoms with Gasteiger partial charge in [0, 0.05) is 18.6 Å². The van der Waals surface area contributed by atoms with Crippen LogP contribution in [0.1, 0.15) is 40.0 Å². The summed E-state index contributed by atoms with van der Waals surface area (Å²) in [5.74, 6) is 2.54. The zero-order valence-electron chi connectivity index (χ0n) is 10.5. The smallest absolute Gasteiger partial charge is 0.0283 e. The van der Waals surface area contributed by atoms with E-state index >= 15 is 0 Å². The molecular formula is C13H26N2. The van der Waals surface area contributed by atoms with E-state index in [0.29, 0.717) is 0 Å². The van der Waals surface area contributed by atoms with Crippen molar-refractivity contribution in [2.75, 3.05) is 19.6 Å². The lowest BCUT2D eigenvalue weighted by Crippen LogP contribution is -2.49. The summed E-state index contributed by atoms with van der Waals surface area (Å²) in [6.07, 6.45) is 4.08. The van der Waals surface area contributed by atoms with Gasteiger partial charge in [0.25, 0.3) is 0 Å². The minimum atomic E-state index is 0.0753. The third-order valence-corrected chi connectivity index (χ3v) is 4.33. The van der Waals surface area contributed by atoms with E-state index < -0.39 is 0 Å². The molecule has 1 saturated carbocycles. The molecule has 0 spiro atoms. The molecule has 1 aliphatic heterocycles. The maximum atomic E-state index is 6.38. The van der Waals surface area contributed by atoms with Crippen LogP contribution in [0.3, 0.4) is 0 Å². The van der Waals surface area contributed by atoms with E-state index in [4.69, 9.17) is 5.73 Å². The van der Waals surface area contributed by atoms with Crippen LogP contribution in [0.15, 0.2) is 0 Å². The predicted molar refractivity (Wildman–Crippen MR) is 64.7 cm³/mol. The van der Waals surface area contributed by atoms with E-state index in [1.165, 1.54) is 32.4 Å². The molecule has 2 aliphatic rings. The van der Waals surface area contributed by atoms with E-state index in [9.17, 15) is 0 Å². The van der Waals surface area contributed by atoms with Gasteiger partial charge in [-0.3, -0.25) is 0 Å². The van der Waals surface area contributed by atoms with E-state index in [1.807, 2.05) is 0 Å². The van der Waals surface area contributed by atoms with Gasteiger partial charge in [-0.15, -0.1) is 0 Å². The van der Waals surface area contributed by atoms with Gasteiger partial charge in [-0.2, -0.15) is 0 Å². The summed E-state index contributed by atoms with van der Waals surface area (Å²) in [5.41, 5.74) is 6.46. The Bertz CT molecular complexity index is 219. The van der Waals surface area contributed by atoms with E-state index in [2.05, 4.69) is 25.7 Å². The Morgan fingerprint density at radius 3 is 2.47 bits per heavy atom. The first kappa shape index (κ1) is 11.4. The Balaban J connectivity index is 1.81. The molecule has 0 aromatic rings. The van der Waals surface area contributed by atoms with Crippen molar-refractivity contribution < 1.29 is 0 Å². The number of nitrogens with two attached hydrogens (primary N) is 1. The number of hydrogen-bond acceptors (Lipinski definition) is 2. The molecule has 1 aliphatic carbocycles. The van der Waals surface area contributed by atoms with E-state index in [-0.39, 0.29) is 5.54 Å². The fourth-order valence-electron chi connectivity index (χ4n) is 2.90. The lowest BCUT2D eigenvalue weighted by Gasteiger charge is -2.30. The molecule has 2 nitrogen and oxygen atoms in total. The van der Waals surface area contributed by atoms with Crippen molar-refractivity contribution >= 4 is 0 Å². The van der Waals surface area contributed by atoms with Crippen molar-refractivity contribution in [3.63, 3.8) is 0 Å². The topological polar surface area (TPSA) is 29.3 Å². The Morgan fingerprint density at radius 1 is 1.33 bits per heavy atom. The van der Waals surface area contributed by atoms with Gasteiger partial charge in [-0.1, -0.05) is 13.8 Å². The van der Waals surface area contributed by atoms with Gasteiger partial charge >= 0.3 is 0 Å². The molecule has 88 valence electrons. The summed E-state index contributed by atoms with van der Waals surface area (Å²) in [4.78, 5) is 2.59. The Hall–Kier alpha value is -0.0800. The van der Waals surface area contributed by atoms with Gasteiger partial charge in [0.1, 0.15) is 0 Å². The van der Waals surface area contributed by atoms with Crippen LogP contribution in [-0.4, -0.2) is 30.1 Å². The molecule has 0 aromatic heterocycles. The number of rotatable bonds is 4. The van der Waals surface area contributed by atoms with Gasteiger partial charge < -0.3 is 10.6 Å². The fourth-order valence-corrected chi connectivity index (χ4v) is 2.90. The second-order valence-corrected chi connectivity index (χ2v) is 6.31. The number of nitrogens with zero attached hydrogens (tertiary/aromatic N) is 1. The number of likely N-dealkylation sites (tertiary alicyclic amines) is 1. The zero-order chi connectivity index (χ0) is 11.1. The molecule has 2 unspecified atom stereocenters. The lowest BCUT2D eigenvalue weighted by atomic mass is 9.95. The van der Waals surface area contributed by atoms with Gasteiger partial charge in [-0.05, 0) is 50.5 Å². The second kappa shape index (κ2) is 4.06. The fraction of sp³-hybridized carbons (Fsp3) is 1.00. The molecule has 2 rings (SSSR count). The third-order valence-electron chi connectivity index (χ3n) is 4.33. The molecule has 2 N–H and O–H groups in total. The highest BCUT2D eigenvalue weighted by molar-refractivity contribution is 4.98. The molecule has 0 radical (unpaired) electrons. The van der Waals surface area contributed by atoms with Crippen molar-refractivity contribution in [2.45, 2.75) is 45.6 Å². The maximum Gasteiger partial charge on any atom is 0.0283 e. The summed E-state index contributed by atoms with van der Waals surface area (Å²) in [6.45, 7) is 10.6. The molecule has 2 fully saturated rings. The highest BCUT2D eigenvalue weighted by Crippen LogP contribution is 2.39. The Morgan fingerprint density at radius 2 is 2.00 bits per heavy atom. The lowest BCUT2D eigenvalue weighted by molar-refractivity contribution is 0.225. The molecular weight excluding hydrogens is 184 g/mol. The van der Waals surface area contributed by atoms with Crippen LogP contribution in [0.5, 0.6) is 0 Å². The van der Waals surface area contributed by atoms with Gasteiger partial charge in [-0.25, -0.2) is 0 Å². The minimum absolute atomic E-state index is 0.0753. The molecule has 0 aromatic carbocycles.